The van der Waals surface area contributed by atoms with Crippen LogP contribution in [-0.2, 0) is 0 Å². The van der Waals surface area contributed by atoms with Crippen molar-refractivity contribution in [2.24, 2.45) is 0 Å². The maximum absolute atomic E-state index is 13.6. The zero-order valence-electron chi connectivity index (χ0n) is 15.8. The number of aromatic nitrogens is 3. The highest BCUT2D eigenvalue weighted by Crippen LogP contribution is 2.36. The van der Waals surface area contributed by atoms with Gasteiger partial charge in [0.05, 0.1) is 5.69 Å². The highest BCUT2D eigenvalue weighted by Gasteiger charge is 2.37. The molecule has 2 aromatic heterocycles. The molecule has 1 fully saturated rings. The van der Waals surface area contributed by atoms with E-state index in [-0.39, 0.29) is 11.9 Å². The number of hydrogen-bond donors (Lipinski definition) is 1. The molecule has 5 rings (SSSR count). The van der Waals surface area contributed by atoms with Crippen molar-refractivity contribution in [1.82, 2.24) is 15.0 Å². The third kappa shape index (κ3) is 2.66. The van der Waals surface area contributed by atoms with Crippen LogP contribution in [0, 0.1) is 0 Å². The topological polar surface area (TPSA) is 74.2 Å². The van der Waals surface area contributed by atoms with E-state index in [0.717, 1.165) is 48.2 Å². The van der Waals surface area contributed by atoms with Gasteiger partial charge in [-0.15, -0.1) is 0 Å². The van der Waals surface area contributed by atoms with Crippen LogP contribution in [0.25, 0.3) is 10.8 Å². The van der Waals surface area contributed by atoms with E-state index in [2.05, 4.69) is 20.2 Å². The lowest BCUT2D eigenvalue weighted by atomic mass is 10.1. The molecule has 2 aliphatic heterocycles. The Hall–Kier alpha value is -3.22. The van der Waals surface area contributed by atoms with Crippen LogP contribution in [0.2, 0.25) is 0 Å². The van der Waals surface area contributed by atoms with Crippen LogP contribution in [0.15, 0.2) is 42.9 Å². The average Bonchev–Trinajstić information content (AvgIpc) is 3.16. The molecule has 142 valence electrons. The predicted octanol–water partition coefficient (Wildman–Crippen LogP) is 3.09. The molecule has 7 nitrogen and oxygen atoms in total. The molecule has 0 spiro atoms. The molecule has 3 aromatic rings. The second kappa shape index (κ2) is 6.74. The van der Waals surface area contributed by atoms with E-state index in [1.807, 2.05) is 42.3 Å². The van der Waals surface area contributed by atoms with E-state index in [9.17, 15) is 4.79 Å². The Morgan fingerprint density at radius 1 is 1.25 bits per heavy atom. The van der Waals surface area contributed by atoms with Crippen LogP contribution < -0.4 is 15.1 Å². The van der Waals surface area contributed by atoms with E-state index in [1.165, 1.54) is 0 Å². The van der Waals surface area contributed by atoms with Crippen LogP contribution in [0.4, 0.5) is 17.5 Å². The van der Waals surface area contributed by atoms with Gasteiger partial charge in [0.1, 0.15) is 11.4 Å². The van der Waals surface area contributed by atoms with Gasteiger partial charge in [-0.05, 0) is 37.3 Å². The lowest BCUT2D eigenvalue weighted by molar-refractivity contribution is 0.0988. The van der Waals surface area contributed by atoms with Gasteiger partial charge in [-0.2, -0.15) is 4.98 Å². The van der Waals surface area contributed by atoms with Crippen LogP contribution in [-0.4, -0.2) is 46.5 Å². The lowest BCUT2D eigenvalue weighted by Gasteiger charge is -2.27. The molecule has 2 aliphatic rings. The number of carbonyl (C=O) groups is 1. The Bertz CT molecular complexity index is 1050. The van der Waals surface area contributed by atoms with Gasteiger partial charge >= 0.3 is 0 Å². The van der Waals surface area contributed by atoms with Crippen molar-refractivity contribution in [1.29, 1.82) is 0 Å². The minimum atomic E-state index is -0.0520. The highest BCUT2D eigenvalue weighted by molar-refractivity contribution is 6.13. The zero-order valence-corrected chi connectivity index (χ0v) is 15.8. The summed E-state index contributed by atoms with van der Waals surface area (Å²) in [6.07, 6.45) is 7.43. The molecule has 4 heterocycles. The molecule has 0 aliphatic carbocycles. The first kappa shape index (κ1) is 16.9. The Kier molecular flexibility index (Phi) is 4.07. The highest BCUT2D eigenvalue weighted by atomic mass is 16.2. The normalized spacial score (nSPS) is 18.8. The molecular formula is C21H22N6O. The minimum absolute atomic E-state index is 0.0520. The van der Waals surface area contributed by atoms with Crippen molar-refractivity contribution < 1.29 is 4.79 Å². The van der Waals surface area contributed by atoms with Gasteiger partial charge < -0.3 is 15.1 Å². The van der Waals surface area contributed by atoms with E-state index in [1.54, 1.807) is 12.4 Å². The second-order valence-corrected chi connectivity index (χ2v) is 7.24. The fourth-order valence-corrected chi connectivity index (χ4v) is 4.27. The van der Waals surface area contributed by atoms with Gasteiger partial charge in [-0.25, -0.2) is 4.98 Å². The summed E-state index contributed by atoms with van der Waals surface area (Å²) in [5, 5.41) is 5.22. The zero-order chi connectivity index (χ0) is 19.1. The quantitative estimate of drug-likeness (QED) is 0.759. The third-order valence-electron chi connectivity index (χ3n) is 5.57. The number of pyridine rings is 1. The van der Waals surface area contributed by atoms with Gasteiger partial charge in [0.15, 0.2) is 0 Å². The molecule has 1 saturated heterocycles. The molecule has 0 radical (unpaired) electrons. The monoisotopic (exact) mass is 374 g/mol. The van der Waals surface area contributed by atoms with Crippen LogP contribution >= 0.6 is 0 Å². The largest absolute Gasteiger partial charge is 0.354 e. The first-order valence-corrected chi connectivity index (χ1v) is 9.78. The fourth-order valence-electron chi connectivity index (χ4n) is 4.27. The number of rotatable bonds is 3. The number of anilines is 3. The van der Waals surface area contributed by atoms with E-state index in [0.29, 0.717) is 18.1 Å². The molecule has 0 unspecified atom stereocenters. The number of amides is 1. The van der Waals surface area contributed by atoms with E-state index < -0.39 is 0 Å². The van der Waals surface area contributed by atoms with E-state index in [4.69, 9.17) is 4.98 Å². The van der Waals surface area contributed by atoms with Crippen molar-refractivity contribution in [3.05, 3.63) is 48.4 Å². The molecule has 28 heavy (non-hydrogen) atoms. The summed E-state index contributed by atoms with van der Waals surface area (Å²) in [4.78, 5) is 31.1. The standard InChI is InChI=1S/C21H22N6O/c1-2-23-21-24-12-17-19(25-21)26-10-4-6-15(26)13-27(20(17)28)18-7-3-5-14-8-9-22-11-16(14)18/h3,5,7-9,11-12,15H,2,4,6,10,13H2,1H3,(H,23,24,25)/t15-/m0/s1. The second-order valence-electron chi connectivity index (χ2n) is 7.24. The Morgan fingerprint density at radius 3 is 3.07 bits per heavy atom. The van der Waals surface area contributed by atoms with Crippen LogP contribution in [0.3, 0.4) is 0 Å². The van der Waals surface area contributed by atoms with Crippen LogP contribution in [0.1, 0.15) is 30.1 Å². The molecule has 1 N–H and O–H groups in total. The lowest BCUT2D eigenvalue weighted by Crippen LogP contribution is -2.39. The molecule has 0 saturated carbocycles. The number of fused-ring (bicyclic) bond motifs is 4. The maximum Gasteiger partial charge on any atom is 0.263 e. The Balaban J connectivity index is 1.66. The first-order chi connectivity index (χ1) is 13.8. The third-order valence-corrected chi connectivity index (χ3v) is 5.57. The van der Waals surface area contributed by atoms with Gasteiger partial charge in [-0.1, -0.05) is 12.1 Å². The van der Waals surface area contributed by atoms with Gasteiger partial charge in [-0.3, -0.25) is 9.78 Å². The van der Waals surface area contributed by atoms with Crippen molar-refractivity contribution in [2.75, 3.05) is 34.8 Å². The van der Waals surface area contributed by atoms with Gasteiger partial charge in [0.2, 0.25) is 5.95 Å². The van der Waals surface area contributed by atoms with Crippen molar-refractivity contribution in [2.45, 2.75) is 25.8 Å². The number of nitrogens with one attached hydrogen (secondary N) is 1. The summed E-state index contributed by atoms with van der Waals surface area (Å²) in [7, 11) is 0. The molecule has 1 aromatic carbocycles. The molecule has 0 bridgehead atoms. The number of carbonyl (C=O) groups excluding carboxylic acids is 1. The Morgan fingerprint density at radius 2 is 2.18 bits per heavy atom. The summed E-state index contributed by atoms with van der Waals surface area (Å²) in [5.74, 6) is 1.27. The SMILES string of the molecule is CCNc1ncc2c(n1)N1CCC[C@H]1CN(c1cccc3ccncc13)C2=O. The molecule has 1 amide bonds. The summed E-state index contributed by atoms with van der Waals surface area (Å²) in [5.41, 5.74) is 1.46. The molecular weight excluding hydrogens is 352 g/mol. The summed E-state index contributed by atoms with van der Waals surface area (Å²) >= 11 is 0. The minimum Gasteiger partial charge on any atom is -0.354 e. The smallest absolute Gasteiger partial charge is 0.263 e. The predicted molar refractivity (Wildman–Crippen MR) is 110 cm³/mol. The molecule has 7 heteroatoms. The van der Waals surface area contributed by atoms with Crippen molar-refractivity contribution in [3.8, 4) is 0 Å². The van der Waals surface area contributed by atoms with Crippen LogP contribution in [0.5, 0.6) is 0 Å². The average molecular weight is 374 g/mol. The first-order valence-electron chi connectivity index (χ1n) is 9.78. The fraction of sp³-hybridized carbons (Fsp3) is 0.333. The number of nitrogens with zero attached hydrogens (tertiary/aromatic N) is 5. The van der Waals surface area contributed by atoms with Crippen molar-refractivity contribution in [3.63, 3.8) is 0 Å². The Labute approximate surface area is 163 Å². The maximum atomic E-state index is 13.6. The number of hydrogen-bond acceptors (Lipinski definition) is 6. The summed E-state index contributed by atoms with van der Waals surface area (Å²) < 4.78 is 0. The molecule has 1 atom stereocenters. The summed E-state index contributed by atoms with van der Waals surface area (Å²) in [6.45, 7) is 4.30. The van der Waals surface area contributed by atoms with Gasteiger partial charge in [0, 0.05) is 49.7 Å². The number of benzene rings is 1. The summed E-state index contributed by atoms with van der Waals surface area (Å²) in [6, 6.07) is 8.27. The van der Waals surface area contributed by atoms with E-state index >= 15 is 0 Å². The van der Waals surface area contributed by atoms with Gasteiger partial charge in [0.25, 0.3) is 5.91 Å². The van der Waals surface area contributed by atoms with Crippen molar-refractivity contribution >= 4 is 34.1 Å².